The number of methoxy groups -OCH3 is 1. The lowest BCUT2D eigenvalue weighted by atomic mass is 9.94. The highest BCUT2D eigenvalue weighted by atomic mass is 16.5. The van der Waals surface area contributed by atoms with E-state index in [9.17, 15) is 4.79 Å². The molecule has 0 heterocycles. The molecule has 1 aromatic rings. The highest BCUT2D eigenvalue weighted by Crippen LogP contribution is 2.48. The van der Waals surface area contributed by atoms with Crippen molar-refractivity contribution in [3.8, 4) is 0 Å². The molecule has 0 aliphatic heterocycles. The zero-order chi connectivity index (χ0) is 13.0. The molecule has 3 nitrogen and oxygen atoms in total. The van der Waals surface area contributed by atoms with Gasteiger partial charge in [-0.1, -0.05) is 29.8 Å². The van der Waals surface area contributed by atoms with Crippen LogP contribution in [-0.2, 0) is 14.9 Å². The normalized spacial score (nSPS) is 16.3. The van der Waals surface area contributed by atoms with Crippen molar-refractivity contribution in [1.29, 1.82) is 0 Å². The summed E-state index contributed by atoms with van der Waals surface area (Å²) in [5, 5.41) is 3.01. The Morgan fingerprint density at radius 1 is 1.33 bits per heavy atom. The number of carbonyl (C=O) groups excluding carboxylic acids is 1. The fraction of sp³-hybridized carbons (Fsp3) is 0.533. The maximum absolute atomic E-state index is 12.2. The van der Waals surface area contributed by atoms with Gasteiger partial charge >= 0.3 is 0 Å². The third-order valence-corrected chi connectivity index (χ3v) is 3.60. The van der Waals surface area contributed by atoms with Gasteiger partial charge in [-0.2, -0.15) is 0 Å². The van der Waals surface area contributed by atoms with Crippen LogP contribution in [0.2, 0.25) is 0 Å². The summed E-state index contributed by atoms with van der Waals surface area (Å²) in [5.74, 6) is 0.169. The summed E-state index contributed by atoms with van der Waals surface area (Å²) >= 11 is 0. The van der Waals surface area contributed by atoms with Crippen LogP contribution in [-0.4, -0.2) is 26.2 Å². The van der Waals surface area contributed by atoms with Crippen LogP contribution >= 0.6 is 0 Å². The molecule has 2 rings (SSSR count). The number of hydrogen-bond donors (Lipinski definition) is 1. The molecule has 1 N–H and O–H groups in total. The second-order valence-electron chi connectivity index (χ2n) is 5.05. The smallest absolute Gasteiger partial charge is 0.230 e. The van der Waals surface area contributed by atoms with E-state index in [1.165, 1.54) is 5.56 Å². The number of aryl methyl sites for hydroxylation is 1. The maximum Gasteiger partial charge on any atom is 0.230 e. The van der Waals surface area contributed by atoms with Gasteiger partial charge in [0.1, 0.15) is 0 Å². The fourth-order valence-electron chi connectivity index (χ4n) is 2.23. The first-order chi connectivity index (χ1) is 8.69. The molecule has 1 aromatic carbocycles. The van der Waals surface area contributed by atoms with Crippen molar-refractivity contribution in [1.82, 2.24) is 5.32 Å². The van der Waals surface area contributed by atoms with Gasteiger partial charge in [0.05, 0.1) is 5.41 Å². The first kappa shape index (κ1) is 13.1. The zero-order valence-corrected chi connectivity index (χ0v) is 11.2. The zero-order valence-electron chi connectivity index (χ0n) is 11.2. The standard InChI is InChI=1S/C15H21NO2/c1-12-4-6-13(7-5-12)15(8-9-15)14(17)16-10-3-11-18-2/h4-7H,3,8-11H2,1-2H3,(H,16,17). The number of carbonyl (C=O) groups is 1. The summed E-state index contributed by atoms with van der Waals surface area (Å²) < 4.78 is 4.97. The molecule has 0 spiro atoms. The molecule has 0 radical (unpaired) electrons. The molecule has 0 aromatic heterocycles. The molecular formula is C15H21NO2. The van der Waals surface area contributed by atoms with Gasteiger partial charge in [-0.05, 0) is 31.7 Å². The van der Waals surface area contributed by atoms with Gasteiger partial charge in [-0.25, -0.2) is 0 Å². The van der Waals surface area contributed by atoms with Crippen molar-refractivity contribution in [2.75, 3.05) is 20.3 Å². The Morgan fingerprint density at radius 2 is 2.00 bits per heavy atom. The largest absolute Gasteiger partial charge is 0.385 e. The lowest BCUT2D eigenvalue weighted by Crippen LogP contribution is -2.35. The topological polar surface area (TPSA) is 38.3 Å². The Bertz CT molecular complexity index is 407. The lowest BCUT2D eigenvalue weighted by Gasteiger charge is -2.16. The molecule has 3 heteroatoms. The number of benzene rings is 1. The van der Waals surface area contributed by atoms with E-state index in [1.807, 2.05) is 0 Å². The van der Waals surface area contributed by atoms with Gasteiger partial charge in [0.15, 0.2) is 0 Å². The Balaban J connectivity index is 1.94. The molecule has 18 heavy (non-hydrogen) atoms. The van der Waals surface area contributed by atoms with Gasteiger partial charge in [0.2, 0.25) is 5.91 Å². The van der Waals surface area contributed by atoms with Gasteiger partial charge < -0.3 is 10.1 Å². The van der Waals surface area contributed by atoms with Crippen LogP contribution in [0.5, 0.6) is 0 Å². The van der Waals surface area contributed by atoms with Crippen molar-refractivity contribution in [2.24, 2.45) is 0 Å². The van der Waals surface area contributed by atoms with E-state index in [1.54, 1.807) is 7.11 Å². The van der Waals surface area contributed by atoms with E-state index < -0.39 is 0 Å². The quantitative estimate of drug-likeness (QED) is 0.782. The van der Waals surface area contributed by atoms with Crippen LogP contribution in [0.25, 0.3) is 0 Å². The Hall–Kier alpha value is -1.35. The van der Waals surface area contributed by atoms with Crippen LogP contribution < -0.4 is 5.32 Å². The predicted octanol–water partition coefficient (Wildman–Crippen LogP) is 2.18. The van der Waals surface area contributed by atoms with Crippen LogP contribution in [0.4, 0.5) is 0 Å². The molecule has 1 aliphatic rings. The second kappa shape index (κ2) is 5.53. The molecule has 0 saturated heterocycles. The highest BCUT2D eigenvalue weighted by Gasteiger charge is 2.50. The Labute approximate surface area is 109 Å². The molecule has 1 amide bonds. The number of ether oxygens (including phenoxy) is 1. The van der Waals surface area contributed by atoms with E-state index in [2.05, 4.69) is 36.5 Å². The number of rotatable bonds is 6. The summed E-state index contributed by atoms with van der Waals surface area (Å²) in [5.41, 5.74) is 2.13. The summed E-state index contributed by atoms with van der Waals surface area (Å²) in [7, 11) is 1.68. The molecule has 0 atom stereocenters. The third kappa shape index (κ3) is 2.72. The van der Waals surface area contributed by atoms with Crippen LogP contribution in [0, 0.1) is 6.92 Å². The molecule has 0 unspecified atom stereocenters. The van der Waals surface area contributed by atoms with Gasteiger partial charge in [0, 0.05) is 20.3 Å². The highest BCUT2D eigenvalue weighted by molar-refractivity contribution is 5.91. The maximum atomic E-state index is 12.2. The van der Waals surface area contributed by atoms with E-state index in [0.29, 0.717) is 13.2 Å². The number of nitrogens with one attached hydrogen (secondary N) is 1. The second-order valence-corrected chi connectivity index (χ2v) is 5.05. The van der Waals surface area contributed by atoms with Crippen LogP contribution in [0.1, 0.15) is 30.4 Å². The van der Waals surface area contributed by atoms with Gasteiger partial charge in [0.25, 0.3) is 0 Å². The van der Waals surface area contributed by atoms with Crippen LogP contribution in [0.15, 0.2) is 24.3 Å². The van der Waals surface area contributed by atoms with E-state index in [4.69, 9.17) is 4.74 Å². The fourth-order valence-corrected chi connectivity index (χ4v) is 2.23. The van der Waals surface area contributed by atoms with Crippen LogP contribution in [0.3, 0.4) is 0 Å². The summed E-state index contributed by atoms with van der Waals surface area (Å²) in [4.78, 5) is 12.2. The minimum Gasteiger partial charge on any atom is -0.385 e. The average molecular weight is 247 g/mol. The van der Waals surface area contributed by atoms with Crippen molar-refractivity contribution in [3.63, 3.8) is 0 Å². The van der Waals surface area contributed by atoms with E-state index in [-0.39, 0.29) is 11.3 Å². The molecule has 0 bridgehead atoms. The van der Waals surface area contributed by atoms with Gasteiger partial charge in [-0.3, -0.25) is 4.79 Å². The molecule has 1 aliphatic carbocycles. The first-order valence-electron chi connectivity index (χ1n) is 6.53. The lowest BCUT2D eigenvalue weighted by molar-refractivity contribution is -0.123. The Morgan fingerprint density at radius 3 is 2.56 bits per heavy atom. The van der Waals surface area contributed by atoms with E-state index >= 15 is 0 Å². The van der Waals surface area contributed by atoms with Gasteiger partial charge in [-0.15, -0.1) is 0 Å². The number of hydrogen-bond acceptors (Lipinski definition) is 2. The molecular weight excluding hydrogens is 226 g/mol. The first-order valence-corrected chi connectivity index (χ1v) is 6.53. The summed E-state index contributed by atoms with van der Waals surface area (Å²) in [6.07, 6.45) is 2.80. The van der Waals surface area contributed by atoms with Crippen molar-refractivity contribution >= 4 is 5.91 Å². The Kier molecular flexibility index (Phi) is 4.02. The van der Waals surface area contributed by atoms with Crippen molar-refractivity contribution in [2.45, 2.75) is 31.6 Å². The van der Waals surface area contributed by atoms with Crippen molar-refractivity contribution in [3.05, 3.63) is 35.4 Å². The predicted molar refractivity (Wildman–Crippen MR) is 71.6 cm³/mol. The summed E-state index contributed by atoms with van der Waals surface area (Å²) in [6.45, 7) is 3.45. The monoisotopic (exact) mass is 247 g/mol. The van der Waals surface area contributed by atoms with Crippen molar-refractivity contribution < 1.29 is 9.53 Å². The minimum absolute atomic E-state index is 0.169. The minimum atomic E-state index is -0.249. The molecule has 98 valence electrons. The summed E-state index contributed by atoms with van der Waals surface area (Å²) in [6, 6.07) is 8.31. The third-order valence-electron chi connectivity index (χ3n) is 3.60. The molecule has 1 saturated carbocycles. The SMILES string of the molecule is COCCCNC(=O)C1(c2ccc(C)cc2)CC1. The number of amides is 1. The van der Waals surface area contributed by atoms with E-state index in [0.717, 1.165) is 24.8 Å². The average Bonchev–Trinajstić information content (AvgIpc) is 3.17. The molecule has 1 fully saturated rings.